The van der Waals surface area contributed by atoms with Crippen molar-refractivity contribution in [2.75, 3.05) is 5.75 Å². The second-order valence-corrected chi connectivity index (χ2v) is 16.1. The van der Waals surface area contributed by atoms with Crippen LogP contribution in [0.2, 0.25) is 0 Å². The molecule has 7 heteroatoms. The Morgan fingerprint density at radius 3 is 2.17 bits per heavy atom. The van der Waals surface area contributed by atoms with Gasteiger partial charge in [0.1, 0.15) is 6.10 Å². The third-order valence-corrected chi connectivity index (χ3v) is 13.8. The van der Waals surface area contributed by atoms with Crippen LogP contribution in [-0.4, -0.2) is 42.6 Å². The molecule has 1 aromatic rings. The topological polar surface area (TPSA) is 87.5 Å². The van der Waals surface area contributed by atoms with Crippen LogP contribution in [0.3, 0.4) is 0 Å². The normalized spacial score (nSPS) is 29.6. The molecule has 0 N–H and O–H groups in total. The molecule has 4 saturated carbocycles. The molecule has 0 spiro atoms. The van der Waals surface area contributed by atoms with Gasteiger partial charge in [-0.15, -0.1) is 6.58 Å². The van der Waals surface area contributed by atoms with E-state index < -0.39 is 32.9 Å². The smallest absolute Gasteiger partial charge is 0.327 e. The number of fused-ring (bicyclic) bond motifs is 2. The molecule has 42 heavy (non-hydrogen) atoms. The maximum absolute atomic E-state index is 14.7. The fraction of sp³-hybridized carbons (Fsp3) is 0.714. The number of allylic oxidation sites excluding steroid dienone is 1. The number of rotatable bonds is 11. The molecule has 0 radical (unpaired) electrons. The molecule has 2 bridgehead atoms. The Morgan fingerprint density at radius 1 is 1.05 bits per heavy atom. The predicted octanol–water partition coefficient (Wildman–Crippen LogP) is 7.35. The van der Waals surface area contributed by atoms with E-state index in [1.165, 1.54) is 12.8 Å². The third kappa shape index (κ3) is 5.71. The first-order valence-electron chi connectivity index (χ1n) is 16.4. The van der Waals surface area contributed by atoms with E-state index in [9.17, 15) is 18.5 Å². The number of carbonyl (C=O) groups is 1. The number of nitriles is 1. The molecule has 4 fully saturated rings. The zero-order valence-electron chi connectivity index (χ0n) is 25.7. The highest BCUT2D eigenvalue weighted by Crippen LogP contribution is 2.67. The maximum Gasteiger partial charge on any atom is 0.327 e. The minimum absolute atomic E-state index is 0.0220. The van der Waals surface area contributed by atoms with Crippen LogP contribution < -0.4 is 0 Å². The summed E-state index contributed by atoms with van der Waals surface area (Å²) in [6.07, 6.45) is 14.3. The van der Waals surface area contributed by atoms with Gasteiger partial charge in [-0.1, -0.05) is 88.8 Å². The van der Waals surface area contributed by atoms with Crippen molar-refractivity contribution in [3.8, 4) is 6.07 Å². The van der Waals surface area contributed by atoms with Crippen LogP contribution in [0.5, 0.6) is 0 Å². The van der Waals surface area contributed by atoms with Gasteiger partial charge in [0.25, 0.3) is 0 Å². The van der Waals surface area contributed by atoms with Crippen LogP contribution in [0.15, 0.2) is 43.0 Å². The van der Waals surface area contributed by atoms with E-state index >= 15 is 0 Å². The van der Waals surface area contributed by atoms with Gasteiger partial charge in [-0.05, 0) is 68.3 Å². The largest absolute Gasteiger partial charge is 0.461 e. The SMILES string of the molecule is C=CCC(C#N)(Cc1ccccc1)C(=O)O[C@@H]1C[C@H]2CC[C@]1(CS(=O)(=O)N(C1CCCCC1)C1CCCCC1)C2(C)C. The van der Waals surface area contributed by atoms with E-state index in [0.717, 1.165) is 69.8 Å². The minimum atomic E-state index is -3.63. The van der Waals surface area contributed by atoms with Gasteiger partial charge in [0, 0.05) is 23.9 Å². The molecule has 230 valence electrons. The van der Waals surface area contributed by atoms with E-state index in [0.29, 0.717) is 6.42 Å². The summed E-state index contributed by atoms with van der Waals surface area (Å²) in [4.78, 5) is 14.0. The van der Waals surface area contributed by atoms with Crippen LogP contribution in [0.1, 0.15) is 109 Å². The lowest BCUT2D eigenvalue weighted by atomic mass is 9.69. The van der Waals surface area contributed by atoms with Crippen LogP contribution in [0.4, 0.5) is 0 Å². The highest BCUT2D eigenvalue weighted by atomic mass is 32.2. The van der Waals surface area contributed by atoms with Gasteiger partial charge in [0.2, 0.25) is 10.0 Å². The van der Waals surface area contributed by atoms with Gasteiger partial charge in [0.15, 0.2) is 5.41 Å². The first-order valence-corrected chi connectivity index (χ1v) is 18.0. The summed E-state index contributed by atoms with van der Waals surface area (Å²) >= 11 is 0. The van der Waals surface area contributed by atoms with Gasteiger partial charge in [0.05, 0.1) is 11.8 Å². The number of nitrogens with zero attached hydrogens (tertiary/aromatic N) is 2. The zero-order chi connectivity index (χ0) is 30.0. The Balaban J connectivity index is 1.45. The standard InChI is InChI=1S/C35H50N2O4S/c1-4-21-34(25-36,24-27-14-8-5-9-15-27)32(38)41-31-23-28-20-22-35(31,33(28,2)3)26-42(39,40)37(29-16-10-6-11-17-29)30-18-12-7-13-19-30/h4-5,8-9,14-15,28-31H,1,6-7,10-13,16-24,26H2,2-3H3/t28-,31-,34?,35-/m1/s1. The summed E-state index contributed by atoms with van der Waals surface area (Å²) in [7, 11) is -3.63. The molecule has 5 rings (SSSR count). The molecule has 4 aliphatic carbocycles. The number of hydrogen-bond donors (Lipinski definition) is 0. The Morgan fingerprint density at radius 2 is 1.64 bits per heavy atom. The van der Waals surface area contributed by atoms with Crippen molar-refractivity contribution in [1.29, 1.82) is 5.26 Å². The molecule has 4 aliphatic rings. The molecule has 0 heterocycles. The van der Waals surface area contributed by atoms with Gasteiger partial charge in [-0.25, -0.2) is 8.42 Å². The van der Waals surface area contributed by atoms with Gasteiger partial charge < -0.3 is 4.74 Å². The molecule has 4 atom stereocenters. The van der Waals surface area contributed by atoms with Gasteiger partial charge in [-0.2, -0.15) is 9.57 Å². The van der Waals surface area contributed by atoms with Crippen molar-refractivity contribution in [1.82, 2.24) is 4.31 Å². The maximum atomic E-state index is 14.7. The van der Waals surface area contributed by atoms with Crippen LogP contribution >= 0.6 is 0 Å². The third-order valence-electron chi connectivity index (χ3n) is 11.7. The molecule has 0 saturated heterocycles. The number of hydrogen-bond acceptors (Lipinski definition) is 5. The summed E-state index contributed by atoms with van der Waals surface area (Å²) in [5, 5.41) is 10.4. The van der Waals surface area contributed by atoms with E-state index in [2.05, 4.69) is 26.5 Å². The summed E-state index contributed by atoms with van der Waals surface area (Å²) in [5.41, 5.74) is -1.47. The summed E-state index contributed by atoms with van der Waals surface area (Å²) < 4.78 is 37.8. The predicted molar refractivity (Wildman–Crippen MR) is 166 cm³/mol. The second-order valence-electron chi connectivity index (χ2n) is 14.3. The minimum Gasteiger partial charge on any atom is -0.461 e. The quantitative estimate of drug-likeness (QED) is 0.197. The van der Waals surface area contributed by atoms with Crippen LogP contribution in [0.25, 0.3) is 0 Å². The Kier molecular flexibility index (Phi) is 9.26. The van der Waals surface area contributed by atoms with Crippen molar-refractivity contribution in [2.45, 2.75) is 128 Å². The van der Waals surface area contributed by atoms with E-state index in [4.69, 9.17) is 4.74 Å². The number of ether oxygens (including phenoxy) is 1. The van der Waals surface area contributed by atoms with Gasteiger partial charge >= 0.3 is 5.97 Å². The summed E-state index contributed by atoms with van der Waals surface area (Å²) in [6.45, 7) is 8.21. The monoisotopic (exact) mass is 594 g/mol. The number of carbonyl (C=O) groups excluding carboxylic acids is 1. The lowest BCUT2D eigenvalue weighted by Gasteiger charge is -2.46. The molecular weight excluding hydrogens is 544 g/mol. The first-order chi connectivity index (χ1) is 20.1. The molecule has 6 nitrogen and oxygen atoms in total. The van der Waals surface area contributed by atoms with Crippen LogP contribution in [-0.2, 0) is 26.0 Å². The Labute approximate surface area is 253 Å². The van der Waals surface area contributed by atoms with Crippen molar-refractivity contribution in [3.63, 3.8) is 0 Å². The molecule has 0 amide bonds. The summed E-state index contributed by atoms with van der Waals surface area (Å²) in [6, 6.07) is 12.0. The number of sulfonamides is 1. The highest BCUT2D eigenvalue weighted by molar-refractivity contribution is 7.89. The molecule has 0 aliphatic heterocycles. The number of esters is 1. The Hall–Kier alpha value is -2.17. The average molecular weight is 595 g/mol. The summed E-state index contributed by atoms with van der Waals surface area (Å²) in [5.74, 6) is -0.239. The van der Waals surface area contributed by atoms with Gasteiger partial charge in [-0.3, -0.25) is 4.79 Å². The first kappa shape index (κ1) is 31.3. The van der Waals surface area contributed by atoms with E-state index in [-0.39, 0.29) is 42.0 Å². The Bertz CT molecular complexity index is 1240. The average Bonchev–Trinajstić information content (AvgIpc) is 3.33. The van der Waals surface area contributed by atoms with Crippen LogP contribution in [0, 0.1) is 33.5 Å². The lowest BCUT2D eigenvalue weighted by Crippen LogP contribution is -2.55. The number of benzene rings is 1. The molecule has 1 unspecified atom stereocenters. The van der Waals surface area contributed by atoms with Crippen molar-refractivity contribution in [2.24, 2.45) is 22.2 Å². The molecular formula is C35H50N2O4S. The fourth-order valence-corrected chi connectivity index (χ4v) is 12.0. The van der Waals surface area contributed by atoms with Crippen molar-refractivity contribution in [3.05, 3.63) is 48.6 Å². The van der Waals surface area contributed by atoms with E-state index in [1.54, 1.807) is 6.08 Å². The highest BCUT2D eigenvalue weighted by Gasteiger charge is 2.67. The second kappa shape index (κ2) is 12.4. The fourth-order valence-electron chi connectivity index (χ4n) is 9.12. The van der Waals surface area contributed by atoms with Crippen molar-refractivity contribution >= 4 is 16.0 Å². The zero-order valence-corrected chi connectivity index (χ0v) is 26.5. The molecule has 1 aromatic carbocycles. The lowest BCUT2D eigenvalue weighted by molar-refractivity contribution is -0.165. The molecule has 0 aromatic heterocycles. The van der Waals surface area contributed by atoms with E-state index in [1.807, 2.05) is 34.6 Å². The van der Waals surface area contributed by atoms with Crippen molar-refractivity contribution < 1.29 is 17.9 Å².